The maximum atomic E-state index is 13.9. The van der Waals surface area contributed by atoms with Gasteiger partial charge in [-0.1, -0.05) is 41.4 Å². The van der Waals surface area contributed by atoms with Crippen molar-refractivity contribution in [2.24, 2.45) is 0 Å². The van der Waals surface area contributed by atoms with Gasteiger partial charge in [0.1, 0.15) is 17.4 Å². The van der Waals surface area contributed by atoms with E-state index in [1.54, 1.807) is 18.9 Å². The van der Waals surface area contributed by atoms with Crippen LogP contribution in [0.5, 0.6) is 5.75 Å². The lowest BCUT2D eigenvalue weighted by Gasteiger charge is -2.33. The lowest BCUT2D eigenvalue weighted by atomic mass is 9.88. The number of carbonyl (C=O) groups is 2. The number of amides is 2. The van der Waals surface area contributed by atoms with Crippen LogP contribution >= 0.6 is 23.4 Å². The summed E-state index contributed by atoms with van der Waals surface area (Å²) in [6.07, 6.45) is 4.55. The number of nitrogens with zero attached hydrogens (tertiary/aromatic N) is 2. The summed E-state index contributed by atoms with van der Waals surface area (Å²) in [5.74, 6) is 1.84. The second-order valence-corrected chi connectivity index (χ2v) is 13.6. The molecule has 0 saturated carbocycles. The maximum absolute atomic E-state index is 13.9. The average Bonchev–Trinajstić information content (AvgIpc) is 3.16. The monoisotopic (exact) mass is 633 g/mol. The number of fused-ring (bicyclic) bond motifs is 2. The van der Waals surface area contributed by atoms with Crippen molar-refractivity contribution < 1.29 is 19.1 Å². The predicted molar refractivity (Wildman–Crippen MR) is 177 cm³/mol. The second-order valence-electron chi connectivity index (χ2n) is 12.2. The second kappa shape index (κ2) is 14.1. The number of benzene rings is 2. The first kappa shape index (κ1) is 31.9. The van der Waals surface area contributed by atoms with Crippen LogP contribution in [-0.4, -0.2) is 59.5 Å². The third-order valence-electron chi connectivity index (χ3n) is 7.86. The zero-order valence-electron chi connectivity index (χ0n) is 25.8. The molecule has 1 saturated heterocycles. The lowest BCUT2D eigenvalue weighted by molar-refractivity contribution is -0.133. The van der Waals surface area contributed by atoms with Crippen LogP contribution in [0.25, 0.3) is 5.57 Å². The normalized spacial score (nSPS) is 15.5. The molecule has 7 nitrogen and oxygen atoms in total. The molecule has 1 aliphatic carbocycles. The van der Waals surface area contributed by atoms with E-state index in [2.05, 4.69) is 23.5 Å². The number of ether oxygens (including phenoxy) is 2. The van der Waals surface area contributed by atoms with Crippen molar-refractivity contribution >= 4 is 40.9 Å². The standard InChI is InChI=1S/C35H40ClN3O4S/c1-35(2,3)43-34(41)38-30(22-44-21-23-7-12-28(42-4)13-8-23)33(40)39-18-15-24(16-19-39)31-29-14-11-27(36)20-26(29)10-9-25-6-5-17-37-32(25)31/h5-8,11-14,17,20,30H,9-10,15-16,18-19,21-22H2,1-4H3,(H,38,41)/t30-/m1/s1. The smallest absolute Gasteiger partial charge is 0.408 e. The van der Waals surface area contributed by atoms with Crippen LogP contribution < -0.4 is 10.1 Å². The molecule has 44 heavy (non-hydrogen) atoms. The number of pyridine rings is 1. The molecule has 2 aliphatic rings. The molecule has 0 unspecified atom stereocenters. The first-order valence-electron chi connectivity index (χ1n) is 15.1. The van der Waals surface area contributed by atoms with Crippen molar-refractivity contribution in [2.75, 3.05) is 26.0 Å². The Morgan fingerprint density at radius 2 is 1.75 bits per heavy atom. The number of rotatable bonds is 7. The van der Waals surface area contributed by atoms with E-state index in [9.17, 15) is 9.59 Å². The first-order valence-corrected chi connectivity index (χ1v) is 16.6. The van der Waals surface area contributed by atoms with Gasteiger partial charge in [-0.3, -0.25) is 9.78 Å². The number of halogens is 1. The molecule has 9 heteroatoms. The van der Waals surface area contributed by atoms with E-state index in [0.29, 0.717) is 24.6 Å². The van der Waals surface area contributed by atoms with E-state index >= 15 is 0 Å². The molecule has 2 aromatic carbocycles. The minimum atomic E-state index is -0.703. The number of methoxy groups -OCH3 is 1. The molecule has 1 N–H and O–H groups in total. The Labute approximate surface area is 269 Å². The van der Waals surface area contributed by atoms with E-state index in [-0.39, 0.29) is 5.91 Å². The summed E-state index contributed by atoms with van der Waals surface area (Å²) in [7, 11) is 1.64. The summed E-state index contributed by atoms with van der Waals surface area (Å²) in [5.41, 5.74) is 7.60. The van der Waals surface area contributed by atoms with Crippen LogP contribution in [0.3, 0.4) is 0 Å². The minimum absolute atomic E-state index is 0.0892. The van der Waals surface area contributed by atoms with Gasteiger partial charge in [0.25, 0.3) is 0 Å². The van der Waals surface area contributed by atoms with Crippen molar-refractivity contribution in [2.45, 2.75) is 63.9 Å². The van der Waals surface area contributed by atoms with Crippen molar-refractivity contribution in [3.8, 4) is 5.75 Å². The Balaban J connectivity index is 1.33. The molecule has 2 heterocycles. The molecule has 1 aromatic heterocycles. The highest BCUT2D eigenvalue weighted by Gasteiger charge is 2.31. The van der Waals surface area contributed by atoms with E-state index in [0.717, 1.165) is 47.7 Å². The SMILES string of the molecule is COc1ccc(CSC[C@@H](NC(=O)OC(C)(C)C)C(=O)N2CCC(=C3c4ccc(Cl)cc4CCc4cccnc43)CC2)cc1. The van der Waals surface area contributed by atoms with Crippen molar-refractivity contribution in [3.63, 3.8) is 0 Å². The Bertz CT molecular complexity index is 1520. The maximum Gasteiger partial charge on any atom is 0.408 e. The van der Waals surface area contributed by atoms with Gasteiger partial charge in [0.2, 0.25) is 5.91 Å². The lowest BCUT2D eigenvalue weighted by Crippen LogP contribution is -2.52. The van der Waals surface area contributed by atoms with Gasteiger partial charge in [-0.15, -0.1) is 0 Å². The zero-order valence-corrected chi connectivity index (χ0v) is 27.4. The number of piperidine rings is 1. The zero-order chi connectivity index (χ0) is 31.3. The number of alkyl carbamates (subject to hydrolysis) is 1. The van der Waals surface area contributed by atoms with Gasteiger partial charge >= 0.3 is 6.09 Å². The van der Waals surface area contributed by atoms with E-state index in [4.69, 9.17) is 26.1 Å². The number of hydrogen-bond acceptors (Lipinski definition) is 6. The van der Waals surface area contributed by atoms with Crippen LogP contribution in [0.15, 0.2) is 66.4 Å². The van der Waals surface area contributed by atoms with Gasteiger partial charge in [-0.2, -0.15) is 11.8 Å². The summed E-state index contributed by atoms with van der Waals surface area (Å²) >= 11 is 8.00. The molecular weight excluding hydrogens is 594 g/mol. The molecule has 1 fully saturated rings. The summed E-state index contributed by atoms with van der Waals surface area (Å²) < 4.78 is 10.8. The van der Waals surface area contributed by atoms with E-state index in [1.807, 2.05) is 68.3 Å². The van der Waals surface area contributed by atoms with Crippen LogP contribution in [0, 0.1) is 0 Å². The minimum Gasteiger partial charge on any atom is -0.497 e. The Hall–Kier alpha value is -3.49. The predicted octanol–water partition coefficient (Wildman–Crippen LogP) is 7.09. The molecule has 0 spiro atoms. The van der Waals surface area contributed by atoms with Gasteiger partial charge in [0.05, 0.1) is 12.8 Å². The number of carbonyl (C=O) groups excluding carboxylic acids is 2. The first-order chi connectivity index (χ1) is 21.1. The molecule has 0 radical (unpaired) electrons. The van der Waals surface area contributed by atoms with Crippen molar-refractivity contribution in [1.82, 2.24) is 15.2 Å². The third kappa shape index (κ3) is 7.96. The van der Waals surface area contributed by atoms with Crippen molar-refractivity contribution in [3.05, 3.63) is 99.3 Å². The van der Waals surface area contributed by atoms with E-state index in [1.165, 1.54) is 27.8 Å². The summed E-state index contributed by atoms with van der Waals surface area (Å²) in [6.45, 7) is 6.58. The number of aryl methyl sites for hydroxylation is 2. The topological polar surface area (TPSA) is 80.8 Å². The number of likely N-dealkylation sites (tertiary alicyclic amines) is 1. The van der Waals surface area contributed by atoms with Crippen LogP contribution in [-0.2, 0) is 28.1 Å². The quantitative estimate of drug-likeness (QED) is 0.299. The van der Waals surface area contributed by atoms with Gasteiger partial charge in [0, 0.05) is 41.4 Å². The molecule has 1 atom stereocenters. The fourth-order valence-electron chi connectivity index (χ4n) is 5.74. The largest absolute Gasteiger partial charge is 0.497 e. The van der Waals surface area contributed by atoms with Gasteiger partial charge in [0.15, 0.2) is 0 Å². The van der Waals surface area contributed by atoms with Crippen LogP contribution in [0.4, 0.5) is 4.79 Å². The van der Waals surface area contributed by atoms with Crippen molar-refractivity contribution in [1.29, 1.82) is 0 Å². The Morgan fingerprint density at radius 3 is 2.45 bits per heavy atom. The summed E-state index contributed by atoms with van der Waals surface area (Å²) in [4.78, 5) is 33.3. The number of aromatic nitrogens is 1. The molecule has 1 aliphatic heterocycles. The highest BCUT2D eigenvalue weighted by atomic mass is 35.5. The number of thioether (sulfide) groups is 1. The summed E-state index contributed by atoms with van der Waals surface area (Å²) in [6, 6.07) is 17.4. The molecule has 2 amide bonds. The molecule has 5 rings (SSSR count). The Morgan fingerprint density at radius 1 is 1.02 bits per heavy atom. The molecule has 3 aromatic rings. The van der Waals surface area contributed by atoms with Crippen LogP contribution in [0.1, 0.15) is 61.6 Å². The fraction of sp³-hybridized carbons (Fsp3) is 0.400. The van der Waals surface area contributed by atoms with Gasteiger partial charge in [-0.25, -0.2) is 4.79 Å². The fourth-order valence-corrected chi connectivity index (χ4v) is 6.94. The van der Waals surface area contributed by atoms with E-state index < -0.39 is 17.7 Å². The van der Waals surface area contributed by atoms with Gasteiger partial charge in [-0.05, 0) is 99.0 Å². The Kier molecular flexibility index (Phi) is 10.2. The van der Waals surface area contributed by atoms with Gasteiger partial charge < -0.3 is 19.7 Å². The number of hydrogen-bond donors (Lipinski definition) is 1. The number of nitrogens with one attached hydrogen (secondary N) is 1. The molecule has 232 valence electrons. The average molecular weight is 634 g/mol. The molecule has 0 bridgehead atoms. The summed E-state index contributed by atoms with van der Waals surface area (Å²) in [5, 5.41) is 3.60. The highest BCUT2D eigenvalue weighted by molar-refractivity contribution is 7.98. The highest BCUT2D eigenvalue weighted by Crippen LogP contribution is 2.38. The van der Waals surface area contributed by atoms with Crippen LogP contribution in [0.2, 0.25) is 5.02 Å². The third-order valence-corrected chi connectivity index (χ3v) is 9.20. The molecular formula is C35H40ClN3O4S.